The summed E-state index contributed by atoms with van der Waals surface area (Å²) < 4.78 is 0. The van der Waals surface area contributed by atoms with E-state index in [4.69, 9.17) is 0 Å². The van der Waals surface area contributed by atoms with Gasteiger partial charge in [0.05, 0.1) is 19.6 Å². The minimum atomic E-state index is 1.12. The minimum absolute atomic E-state index is 1.12. The molecule has 88 valence electrons. The van der Waals surface area contributed by atoms with Crippen LogP contribution in [0.25, 0.3) is 0 Å². The minimum Gasteiger partial charge on any atom is -0.321 e. The lowest BCUT2D eigenvalue weighted by molar-refractivity contribution is -0.892. The van der Waals surface area contributed by atoms with Crippen molar-refractivity contribution in [3.63, 3.8) is 0 Å². The zero-order valence-electron chi connectivity index (χ0n) is 10.3. The van der Waals surface area contributed by atoms with E-state index in [0.29, 0.717) is 0 Å². The van der Waals surface area contributed by atoms with Crippen LogP contribution < -0.4 is 4.90 Å². The predicted molar refractivity (Wildman–Crippen MR) is 67.3 cm³/mol. The third-order valence-electron chi connectivity index (χ3n) is 3.36. The fourth-order valence-corrected chi connectivity index (χ4v) is 2.40. The predicted octanol–water partition coefficient (Wildman–Crippen LogP) is 1.14. The standard InChI is InChI=1S/C14H22N2/c1-2-3-9-15-10-11-16(13-15)12-14-7-5-4-6-8-14/h4-8H,2-3,9-13H2,1H3/p+1. The number of nitrogens with zero attached hydrogens (tertiary/aromatic N) is 1. The Bertz CT molecular complexity index is 297. The van der Waals surface area contributed by atoms with Crippen LogP contribution in [0.5, 0.6) is 0 Å². The highest BCUT2D eigenvalue weighted by atomic mass is 15.4. The number of unbranched alkanes of at least 4 members (excludes halogenated alkanes) is 1. The zero-order chi connectivity index (χ0) is 11.2. The molecular weight excluding hydrogens is 196 g/mol. The van der Waals surface area contributed by atoms with E-state index in [-0.39, 0.29) is 0 Å². The number of nitrogens with one attached hydrogen (secondary N) is 1. The van der Waals surface area contributed by atoms with Crippen LogP contribution in [-0.2, 0) is 6.54 Å². The molecule has 0 aromatic heterocycles. The molecule has 2 heteroatoms. The Hall–Kier alpha value is -0.860. The van der Waals surface area contributed by atoms with Gasteiger partial charge in [-0.3, -0.25) is 0 Å². The van der Waals surface area contributed by atoms with Crippen LogP contribution >= 0.6 is 0 Å². The van der Waals surface area contributed by atoms with Gasteiger partial charge < -0.3 is 4.90 Å². The highest BCUT2D eigenvalue weighted by Crippen LogP contribution is 2.03. The summed E-state index contributed by atoms with van der Waals surface area (Å²) in [6, 6.07) is 10.8. The van der Waals surface area contributed by atoms with Gasteiger partial charge in [0.1, 0.15) is 6.67 Å². The van der Waals surface area contributed by atoms with Crippen molar-refractivity contribution in [2.45, 2.75) is 26.3 Å². The summed E-state index contributed by atoms with van der Waals surface area (Å²) >= 11 is 0. The SMILES string of the molecule is CCCC[NH+]1CCN(Cc2ccccc2)C1. The Morgan fingerprint density at radius 1 is 1.25 bits per heavy atom. The number of hydrogen-bond acceptors (Lipinski definition) is 1. The van der Waals surface area contributed by atoms with Gasteiger partial charge in [-0.15, -0.1) is 0 Å². The van der Waals surface area contributed by atoms with Gasteiger partial charge >= 0.3 is 0 Å². The molecule has 0 saturated carbocycles. The van der Waals surface area contributed by atoms with Crippen molar-refractivity contribution in [1.82, 2.24) is 4.90 Å². The van der Waals surface area contributed by atoms with Gasteiger partial charge in [0, 0.05) is 6.54 Å². The van der Waals surface area contributed by atoms with Gasteiger partial charge in [0.25, 0.3) is 0 Å². The van der Waals surface area contributed by atoms with E-state index < -0.39 is 0 Å². The second kappa shape index (κ2) is 6.02. The van der Waals surface area contributed by atoms with Gasteiger partial charge in [-0.1, -0.05) is 43.7 Å². The summed E-state index contributed by atoms with van der Waals surface area (Å²) in [5, 5.41) is 0. The molecule has 1 aliphatic heterocycles. The lowest BCUT2D eigenvalue weighted by Crippen LogP contribution is -3.10. The van der Waals surface area contributed by atoms with E-state index in [1.54, 1.807) is 4.90 Å². The molecule has 1 unspecified atom stereocenters. The molecule has 1 heterocycles. The van der Waals surface area contributed by atoms with Crippen molar-refractivity contribution >= 4 is 0 Å². The van der Waals surface area contributed by atoms with Gasteiger partial charge in [-0.2, -0.15) is 0 Å². The van der Waals surface area contributed by atoms with Crippen LogP contribution in [0.1, 0.15) is 25.3 Å². The normalized spacial score (nSPS) is 21.4. The highest BCUT2D eigenvalue weighted by molar-refractivity contribution is 5.14. The molecule has 1 aromatic carbocycles. The largest absolute Gasteiger partial charge is 0.321 e. The Balaban J connectivity index is 1.76. The first-order chi connectivity index (χ1) is 7.88. The Morgan fingerprint density at radius 3 is 2.81 bits per heavy atom. The molecule has 1 aromatic rings. The molecule has 0 aliphatic carbocycles. The van der Waals surface area contributed by atoms with E-state index in [1.807, 2.05) is 0 Å². The van der Waals surface area contributed by atoms with E-state index >= 15 is 0 Å². The maximum atomic E-state index is 2.57. The number of quaternary nitrogens is 1. The molecule has 16 heavy (non-hydrogen) atoms. The topological polar surface area (TPSA) is 7.68 Å². The summed E-state index contributed by atoms with van der Waals surface area (Å²) in [7, 11) is 0. The quantitative estimate of drug-likeness (QED) is 0.780. The van der Waals surface area contributed by atoms with Crippen molar-refractivity contribution in [3.8, 4) is 0 Å². The van der Waals surface area contributed by atoms with Crippen molar-refractivity contribution in [3.05, 3.63) is 35.9 Å². The summed E-state index contributed by atoms with van der Waals surface area (Å²) in [6.07, 6.45) is 2.69. The molecule has 0 amide bonds. The Labute approximate surface area is 98.9 Å². The Kier molecular flexibility index (Phi) is 4.37. The molecule has 0 spiro atoms. The molecule has 1 aliphatic rings. The first kappa shape index (κ1) is 11.6. The maximum absolute atomic E-state index is 2.57. The highest BCUT2D eigenvalue weighted by Gasteiger charge is 2.22. The van der Waals surface area contributed by atoms with Crippen LogP contribution in [0.2, 0.25) is 0 Å². The molecular formula is C14H23N2+. The van der Waals surface area contributed by atoms with Crippen molar-refractivity contribution in [2.75, 3.05) is 26.3 Å². The third kappa shape index (κ3) is 3.32. The van der Waals surface area contributed by atoms with E-state index in [0.717, 1.165) is 6.54 Å². The van der Waals surface area contributed by atoms with Crippen LogP contribution in [0.15, 0.2) is 30.3 Å². The van der Waals surface area contributed by atoms with Crippen LogP contribution in [0, 0.1) is 0 Å². The summed E-state index contributed by atoms with van der Waals surface area (Å²) in [4.78, 5) is 4.33. The zero-order valence-corrected chi connectivity index (χ0v) is 10.3. The molecule has 2 nitrogen and oxygen atoms in total. The number of rotatable bonds is 5. The molecule has 1 N–H and O–H groups in total. The number of hydrogen-bond donors (Lipinski definition) is 1. The monoisotopic (exact) mass is 219 g/mol. The van der Waals surface area contributed by atoms with Crippen molar-refractivity contribution < 1.29 is 4.90 Å². The van der Waals surface area contributed by atoms with Gasteiger partial charge in [0.15, 0.2) is 0 Å². The van der Waals surface area contributed by atoms with Gasteiger partial charge in [-0.25, -0.2) is 4.90 Å². The first-order valence-corrected chi connectivity index (χ1v) is 6.48. The molecule has 2 rings (SSSR count). The maximum Gasteiger partial charge on any atom is 0.134 e. The molecule has 0 radical (unpaired) electrons. The van der Waals surface area contributed by atoms with Crippen molar-refractivity contribution in [2.24, 2.45) is 0 Å². The summed E-state index contributed by atoms with van der Waals surface area (Å²) in [6.45, 7) is 8.56. The van der Waals surface area contributed by atoms with E-state index in [2.05, 4.69) is 42.2 Å². The van der Waals surface area contributed by atoms with Gasteiger partial charge in [0.2, 0.25) is 0 Å². The summed E-state index contributed by atoms with van der Waals surface area (Å²) in [5.74, 6) is 0. The molecule has 1 saturated heterocycles. The van der Waals surface area contributed by atoms with Crippen molar-refractivity contribution in [1.29, 1.82) is 0 Å². The lowest BCUT2D eigenvalue weighted by atomic mass is 10.2. The second-order valence-corrected chi connectivity index (χ2v) is 4.80. The lowest BCUT2D eigenvalue weighted by Gasteiger charge is -2.15. The summed E-state index contributed by atoms with van der Waals surface area (Å²) in [5.41, 5.74) is 1.44. The number of benzene rings is 1. The molecule has 0 bridgehead atoms. The Morgan fingerprint density at radius 2 is 2.06 bits per heavy atom. The van der Waals surface area contributed by atoms with Crippen LogP contribution in [0.4, 0.5) is 0 Å². The van der Waals surface area contributed by atoms with E-state index in [1.165, 1.54) is 44.7 Å². The smallest absolute Gasteiger partial charge is 0.134 e. The fraction of sp³-hybridized carbons (Fsp3) is 0.571. The molecule has 1 fully saturated rings. The van der Waals surface area contributed by atoms with Gasteiger partial charge in [-0.05, 0) is 12.0 Å². The molecule has 1 atom stereocenters. The average Bonchev–Trinajstić information content (AvgIpc) is 2.75. The average molecular weight is 219 g/mol. The first-order valence-electron chi connectivity index (χ1n) is 6.48. The second-order valence-electron chi connectivity index (χ2n) is 4.80. The van der Waals surface area contributed by atoms with Crippen LogP contribution in [0.3, 0.4) is 0 Å². The van der Waals surface area contributed by atoms with Crippen LogP contribution in [-0.4, -0.2) is 31.2 Å². The third-order valence-corrected chi connectivity index (χ3v) is 3.36. The van der Waals surface area contributed by atoms with E-state index in [9.17, 15) is 0 Å². The fourth-order valence-electron chi connectivity index (χ4n) is 2.40.